The van der Waals surface area contributed by atoms with Crippen molar-refractivity contribution in [3.05, 3.63) is 71.8 Å². The van der Waals surface area contributed by atoms with E-state index in [-0.39, 0.29) is 17.4 Å². The second-order valence-electron chi connectivity index (χ2n) is 6.58. The lowest BCUT2D eigenvalue weighted by molar-refractivity contribution is -0.129. The number of nitrogens with zero attached hydrogens (tertiary/aromatic N) is 5. The van der Waals surface area contributed by atoms with Crippen molar-refractivity contribution in [1.29, 1.82) is 0 Å². The number of nitrogens with two attached hydrogens (primary N) is 1. The molecule has 1 aliphatic heterocycles. The minimum atomic E-state index is -1.52. The molecule has 3 N–H and O–H groups in total. The van der Waals surface area contributed by atoms with Gasteiger partial charge in [-0.2, -0.15) is 10.2 Å². The third-order valence-electron chi connectivity index (χ3n) is 4.92. The molecule has 4 rings (SSSR count). The molecule has 8 nitrogen and oxygen atoms in total. The van der Waals surface area contributed by atoms with E-state index >= 15 is 0 Å². The first kappa shape index (κ1) is 18.5. The molecule has 3 heterocycles. The minimum absolute atomic E-state index is 0.00632. The number of rotatable bonds is 4. The van der Waals surface area contributed by atoms with Crippen molar-refractivity contribution in [2.75, 3.05) is 7.05 Å². The fourth-order valence-corrected chi connectivity index (χ4v) is 3.40. The number of carbonyl (C=O) groups excluding carboxylic acids is 1. The van der Waals surface area contributed by atoms with Crippen molar-refractivity contribution in [2.45, 2.75) is 12.2 Å². The van der Waals surface area contributed by atoms with Crippen LogP contribution in [0.1, 0.15) is 16.8 Å². The molecule has 9 heteroatoms. The number of aromatic nitrogens is 3. The Morgan fingerprint density at radius 1 is 1.14 bits per heavy atom. The van der Waals surface area contributed by atoms with Crippen LogP contribution in [-0.4, -0.2) is 44.1 Å². The number of alkyl halides is 1. The van der Waals surface area contributed by atoms with E-state index in [1.54, 1.807) is 24.3 Å². The number of pyridine rings is 1. The maximum absolute atomic E-state index is 13.3. The zero-order chi connectivity index (χ0) is 20.6. The van der Waals surface area contributed by atoms with E-state index in [4.69, 9.17) is 5.73 Å². The number of halogens is 1. The molecule has 1 atom stereocenters. The first-order valence-corrected chi connectivity index (χ1v) is 8.73. The maximum atomic E-state index is 13.3. The normalized spacial score (nSPS) is 18.8. The van der Waals surface area contributed by atoms with E-state index in [1.165, 1.54) is 42.7 Å². The molecule has 29 heavy (non-hydrogen) atoms. The number of hydrogen-bond donors (Lipinski definition) is 2. The Labute approximate surface area is 165 Å². The van der Waals surface area contributed by atoms with Gasteiger partial charge in [-0.15, -0.1) is 0 Å². The fraction of sp³-hybridized carbons (Fsp3) is 0.150. The third kappa shape index (κ3) is 2.87. The molecule has 1 aliphatic rings. The van der Waals surface area contributed by atoms with Gasteiger partial charge < -0.3 is 10.8 Å². The lowest BCUT2D eigenvalue weighted by Gasteiger charge is -2.27. The van der Waals surface area contributed by atoms with Gasteiger partial charge in [0.05, 0.1) is 18.1 Å². The Hall–Kier alpha value is -3.88. The zero-order valence-electron chi connectivity index (χ0n) is 15.5. The second kappa shape index (κ2) is 6.93. The average Bonchev–Trinajstić information content (AvgIpc) is 2.99. The van der Waals surface area contributed by atoms with Crippen molar-refractivity contribution < 1.29 is 14.3 Å². The number of likely N-dealkylation sites (N-methyl/N-ethyl adjacent to an activating group) is 1. The number of phenolic OH excluding ortho intramolecular Hbond substituents is 1. The van der Waals surface area contributed by atoms with E-state index < -0.39 is 18.1 Å². The van der Waals surface area contributed by atoms with Crippen LogP contribution < -0.4 is 5.73 Å². The highest BCUT2D eigenvalue weighted by Gasteiger charge is 2.49. The summed E-state index contributed by atoms with van der Waals surface area (Å²) in [6.07, 6.45) is 4.43. The number of guanidine groups is 1. The minimum Gasteiger partial charge on any atom is -0.507 e. The van der Waals surface area contributed by atoms with Gasteiger partial charge in [-0.1, -0.05) is 6.07 Å². The highest BCUT2D eigenvalue weighted by Crippen LogP contribution is 2.42. The van der Waals surface area contributed by atoms with Gasteiger partial charge in [-0.05, 0) is 41.5 Å². The summed E-state index contributed by atoms with van der Waals surface area (Å²) < 4.78 is 13.2. The summed E-state index contributed by atoms with van der Waals surface area (Å²) >= 11 is 0. The van der Waals surface area contributed by atoms with E-state index in [0.717, 1.165) is 0 Å². The highest BCUT2D eigenvalue weighted by atomic mass is 19.1. The summed E-state index contributed by atoms with van der Waals surface area (Å²) in [7, 11) is 1.52. The van der Waals surface area contributed by atoms with Gasteiger partial charge in [0.25, 0.3) is 5.91 Å². The number of aliphatic imine (C=N–C) groups is 1. The van der Waals surface area contributed by atoms with Crippen molar-refractivity contribution >= 4 is 11.9 Å². The van der Waals surface area contributed by atoms with Gasteiger partial charge >= 0.3 is 0 Å². The molecule has 1 amide bonds. The van der Waals surface area contributed by atoms with Gasteiger partial charge in [-0.3, -0.25) is 14.7 Å². The number of aromatic hydroxyl groups is 1. The van der Waals surface area contributed by atoms with Crippen LogP contribution in [0.5, 0.6) is 5.75 Å². The first-order valence-electron chi connectivity index (χ1n) is 8.73. The molecule has 2 aromatic heterocycles. The number of carbonyl (C=O) groups is 1. The van der Waals surface area contributed by atoms with Crippen LogP contribution in [-0.2, 0) is 17.0 Å². The molecule has 1 aromatic carbocycles. The largest absolute Gasteiger partial charge is 0.507 e. The third-order valence-corrected chi connectivity index (χ3v) is 4.92. The first-order chi connectivity index (χ1) is 14.0. The molecule has 0 fully saturated rings. The number of amides is 1. The maximum Gasteiger partial charge on any atom is 0.266 e. The van der Waals surface area contributed by atoms with E-state index in [0.29, 0.717) is 22.3 Å². The van der Waals surface area contributed by atoms with Crippen LogP contribution in [0.2, 0.25) is 0 Å². The summed E-state index contributed by atoms with van der Waals surface area (Å²) in [4.78, 5) is 23.0. The van der Waals surface area contributed by atoms with Crippen molar-refractivity contribution in [3.8, 4) is 16.9 Å². The van der Waals surface area contributed by atoms with Gasteiger partial charge in [-0.25, -0.2) is 9.38 Å². The van der Waals surface area contributed by atoms with Gasteiger partial charge in [0.2, 0.25) is 0 Å². The lowest BCUT2D eigenvalue weighted by Crippen LogP contribution is -2.41. The zero-order valence-corrected chi connectivity index (χ0v) is 15.5. The number of phenols is 1. The van der Waals surface area contributed by atoms with Crippen LogP contribution in [0.4, 0.5) is 4.39 Å². The number of hydrogen-bond acceptors (Lipinski definition) is 7. The summed E-state index contributed by atoms with van der Waals surface area (Å²) in [5.41, 5.74) is 6.59. The second-order valence-corrected chi connectivity index (χ2v) is 6.58. The predicted octanol–water partition coefficient (Wildman–Crippen LogP) is 1.74. The average molecular weight is 392 g/mol. The SMILES string of the molecule is CN1C(=O)C(c2ccnc(CF)c2)(c2ccc(O)c(-c3ccnnc3)c2)N=C1N. The lowest BCUT2D eigenvalue weighted by atomic mass is 9.81. The standard InChI is InChI=1S/C20H17FN6O2/c1-27-18(29)20(26-19(27)22,14-5-6-23-15(8-14)10-21)13-2-3-17(28)16(9-13)12-4-7-24-25-11-12/h2-9,11,28H,10H2,1H3,(H2,22,26). The molecular weight excluding hydrogens is 375 g/mol. The molecule has 0 aliphatic carbocycles. The van der Waals surface area contributed by atoms with Crippen LogP contribution in [0, 0.1) is 0 Å². The van der Waals surface area contributed by atoms with Crippen molar-refractivity contribution in [1.82, 2.24) is 20.1 Å². The molecule has 0 radical (unpaired) electrons. The molecular formula is C20H17FN6O2. The summed E-state index contributed by atoms with van der Waals surface area (Å²) in [6, 6.07) is 9.50. The molecule has 0 saturated carbocycles. The highest BCUT2D eigenvalue weighted by molar-refractivity contribution is 6.09. The molecule has 0 saturated heterocycles. The fourth-order valence-electron chi connectivity index (χ4n) is 3.40. The monoisotopic (exact) mass is 392 g/mol. The van der Waals surface area contributed by atoms with Crippen molar-refractivity contribution in [2.24, 2.45) is 10.7 Å². The van der Waals surface area contributed by atoms with E-state index in [1.807, 2.05) is 0 Å². The Balaban J connectivity index is 1.98. The van der Waals surface area contributed by atoms with Gasteiger partial charge in [0, 0.05) is 24.4 Å². The van der Waals surface area contributed by atoms with Gasteiger partial charge in [0.1, 0.15) is 12.4 Å². The Morgan fingerprint density at radius 2 is 1.93 bits per heavy atom. The quantitative estimate of drug-likeness (QED) is 0.698. The topological polar surface area (TPSA) is 118 Å². The van der Waals surface area contributed by atoms with E-state index in [9.17, 15) is 14.3 Å². The number of benzene rings is 1. The molecule has 0 spiro atoms. The molecule has 0 bridgehead atoms. The van der Waals surface area contributed by atoms with Crippen LogP contribution in [0.3, 0.4) is 0 Å². The predicted molar refractivity (Wildman–Crippen MR) is 103 cm³/mol. The molecule has 1 unspecified atom stereocenters. The van der Waals surface area contributed by atoms with Gasteiger partial charge in [0.15, 0.2) is 11.5 Å². The van der Waals surface area contributed by atoms with E-state index in [2.05, 4.69) is 20.2 Å². The Bertz CT molecular complexity index is 1120. The smallest absolute Gasteiger partial charge is 0.266 e. The van der Waals surface area contributed by atoms with Crippen LogP contribution >= 0.6 is 0 Å². The molecule has 3 aromatic rings. The molecule has 146 valence electrons. The van der Waals surface area contributed by atoms with Crippen molar-refractivity contribution in [3.63, 3.8) is 0 Å². The summed E-state index contributed by atoms with van der Waals surface area (Å²) in [5, 5.41) is 17.9. The Morgan fingerprint density at radius 3 is 2.59 bits per heavy atom. The summed E-state index contributed by atoms with van der Waals surface area (Å²) in [5.74, 6) is -0.351. The van der Waals surface area contributed by atoms with Crippen LogP contribution in [0.15, 0.2) is 60.0 Å². The van der Waals surface area contributed by atoms with Crippen LogP contribution in [0.25, 0.3) is 11.1 Å². The summed E-state index contributed by atoms with van der Waals surface area (Å²) in [6.45, 7) is -0.781. The Kier molecular flexibility index (Phi) is 4.42.